The second kappa shape index (κ2) is 5.14. The standard InChI is InChI=1S/C10H15ClN2OS/c1-2-8-7(3-4-14-8)5-12-10-13-9(11)6-15-10/h6-8H,2-5H2,1H3,(H,12,13). The lowest BCUT2D eigenvalue weighted by Gasteiger charge is -2.16. The van der Waals surface area contributed by atoms with E-state index in [2.05, 4.69) is 17.2 Å². The van der Waals surface area contributed by atoms with Crippen LogP contribution < -0.4 is 5.32 Å². The van der Waals surface area contributed by atoms with Gasteiger partial charge in [-0.15, -0.1) is 11.3 Å². The maximum Gasteiger partial charge on any atom is 0.184 e. The van der Waals surface area contributed by atoms with E-state index in [-0.39, 0.29) is 0 Å². The molecule has 1 aliphatic rings. The average molecular weight is 247 g/mol. The van der Waals surface area contributed by atoms with Crippen LogP contribution in [0, 0.1) is 5.92 Å². The summed E-state index contributed by atoms with van der Waals surface area (Å²) in [5, 5.41) is 6.63. The van der Waals surface area contributed by atoms with Crippen molar-refractivity contribution in [1.29, 1.82) is 0 Å². The molecule has 1 aliphatic heterocycles. The van der Waals surface area contributed by atoms with Crippen molar-refractivity contribution in [2.45, 2.75) is 25.9 Å². The fourth-order valence-corrected chi connectivity index (χ4v) is 2.78. The van der Waals surface area contributed by atoms with Crippen molar-refractivity contribution in [1.82, 2.24) is 4.98 Å². The summed E-state index contributed by atoms with van der Waals surface area (Å²) in [7, 11) is 0. The third-order valence-electron chi connectivity index (χ3n) is 2.74. The van der Waals surface area contributed by atoms with E-state index in [0.29, 0.717) is 17.2 Å². The zero-order valence-electron chi connectivity index (χ0n) is 8.70. The van der Waals surface area contributed by atoms with Gasteiger partial charge in [0.1, 0.15) is 5.15 Å². The van der Waals surface area contributed by atoms with E-state index in [1.54, 1.807) is 11.3 Å². The lowest BCUT2D eigenvalue weighted by atomic mass is 10.00. The van der Waals surface area contributed by atoms with Gasteiger partial charge >= 0.3 is 0 Å². The first kappa shape index (κ1) is 11.2. The van der Waals surface area contributed by atoms with Crippen molar-refractivity contribution >= 4 is 28.1 Å². The molecule has 2 heterocycles. The number of aromatic nitrogens is 1. The van der Waals surface area contributed by atoms with Gasteiger partial charge in [-0.2, -0.15) is 0 Å². The normalized spacial score (nSPS) is 25.7. The van der Waals surface area contributed by atoms with Crippen LogP contribution >= 0.6 is 22.9 Å². The fourth-order valence-electron chi connectivity index (χ4n) is 1.93. The van der Waals surface area contributed by atoms with E-state index in [9.17, 15) is 0 Å². The molecule has 1 aromatic rings. The Hall–Kier alpha value is -0.320. The van der Waals surface area contributed by atoms with Gasteiger partial charge in [-0.1, -0.05) is 18.5 Å². The average Bonchev–Trinajstić information content (AvgIpc) is 2.83. The molecule has 5 heteroatoms. The van der Waals surface area contributed by atoms with Crippen molar-refractivity contribution in [3.63, 3.8) is 0 Å². The van der Waals surface area contributed by atoms with E-state index in [4.69, 9.17) is 16.3 Å². The molecule has 0 radical (unpaired) electrons. The Bertz CT molecular complexity index is 318. The molecule has 1 aromatic heterocycles. The van der Waals surface area contributed by atoms with E-state index < -0.39 is 0 Å². The Morgan fingerprint density at radius 2 is 2.60 bits per heavy atom. The topological polar surface area (TPSA) is 34.1 Å². The van der Waals surface area contributed by atoms with Crippen molar-refractivity contribution in [2.24, 2.45) is 5.92 Å². The van der Waals surface area contributed by atoms with E-state index >= 15 is 0 Å². The first-order valence-corrected chi connectivity index (χ1v) is 6.52. The molecule has 0 saturated carbocycles. The minimum atomic E-state index is 0.410. The van der Waals surface area contributed by atoms with Crippen LogP contribution in [-0.2, 0) is 4.74 Å². The van der Waals surface area contributed by atoms with Gasteiger partial charge in [0.05, 0.1) is 6.10 Å². The summed E-state index contributed by atoms with van der Waals surface area (Å²) in [6.45, 7) is 4.00. The summed E-state index contributed by atoms with van der Waals surface area (Å²) < 4.78 is 5.63. The molecule has 3 nitrogen and oxygen atoms in total. The predicted molar refractivity (Wildman–Crippen MR) is 63.8 cm³/mol. The van der Waals surface area contributed by atoms with Crippen molar-refractivity contribution in [3.8, 4) is 0 Å². The number of rotatable bonds is 4. The summed E-state index contributed by atoms with van der Waals surface area (Å²) >= 11 is 7.29. The zero-order valence-corrected chi connectivity index (χ0v) is 10.3. The van der Waals surface area contributed by atoms with Crippen molar-refractivity contribution in [2.75, 3.05) is 18.5 Å². The molecule has 2 unspecified atom stereocenters. The number of hydrogen-bond donors (Lipinski definition) is 1. The SMILES string of the molecule is CCC1OCCC1CNc1nc(Cl)cs1. The third-order valence-corrected chi connectivity index (χ3v) is 3.86. The molecule has 0 amide bonds. The third kappa shape index (κ3) is 2.83. The van der Waals surface area contributed by atoms with Crippen LogP contribution in [-0.4, -0.2) is 24.2 Å². The number of nitrogens with zero attached hydrogens (tertiary/aromatic N) is 1. The van der Waals surface area contributed by atoms with Crippen LogP contribution in [0.1, 0.15) is 19.8 Å². The van der Waals surface area contributed by atoms with Gasteiger partial charge in [-0.05, 0) is 12.8 Å². The summed E-state index contributed by atoms with van der Waals surface area (Å²) in [6.07, 6.45) is 2.64. The molecule has 1 N–H and O–H groups in total. The molecule has 84 valence electrons. The minimum absolute atomic E-state index is 0.410. The molecule has 2 rings (SSSR count). The Balaban J connectivity index is 1.82. The molecule has 15 heavy (non-hydrogen) atoms. The van der Waals surface area contributed by atoms with Gasteiger partial charge in [-0.25, -0.2) is 4.98 Å². The second-order valence-electron chi connectivity index (χ2n) is 3.72. The second-order valence-corrected chi connectivity index (χ2v) is 4.97. The monoisotopic (exact) mass is 246 g/mol. The fraction of sp³-hybridized carbons (Fsp3) is 0.700. The summed E-state index contributed by atoms with van der Waals surface area (Å²) in [5.74, 6) is 0.609. The molecular weight excluding hydrogens is 232 g/mol. The Labute approximate surface area is 98.8 Å². The Morgan fingerprint density at radius 1 is 1.73 bits per heavy atom. The Kier molecular flexibility index (Phi) is 3.83. The zero-order chi connectivity index (χ0) is 10.7. The number of nitrogens with one attached hydrogen (secondary N) is 1. The molecule has 0 bridgehead atoms. The number of thiazole rings is 1. The quantitative estimate of drug-likeness (QED) is 0.887. The highest BCUT2D eigenvalue weighted by atomic mass is 35.5. The van der Waals surface area contributed by atoms with Crippen molar-refractivity contribution < 1.29 is 4.74 Å². The van der Waals surface area contributed by atoms with Crippen LogP contribution in [0.15, 0.2) is 5.38 Å². The molecule has 1 saturated heterocycles. The molecule has 2 atom stereocenters. The van der Waals surface area contributed by atoms with Crippen molar-refractivity contribution in [3.05, 3.63) is 10.5 Å². The largest absolute Gasteiger partial charge is 0.378 e. The number of anilines is 1. The Morgan fingerprint density at radius 3 is 3.27 bits per heavy atom. The highest BCUT2D eigenvalue weighted by Gasteiger charge is 2.26. The van der Waals surface area contributed by atoms with Gasteiger partial charge in [0.15, 0.2) is 5.13 Å². The molecule has 1 fully saturated rings. The number of halogens is 1. The molecule has 0 aliphatic carbocycles. The lowest BCUT2D eigenvalue weighted by Crippen LogP contribution is -2.22. The predicted octanol–water partition coefficient (Wildman–Crippen LogP) is 3.02. The van der Waals surface area contributed by atoms with Gasteiger partial charge in [0.25, 0.3) is 0 Å². The maximum atomic E-state index is 5.75. The number of hydrogen-bond acceptors (Lipinski definition) is 4. The number of ether oxygens (including phenoxy) is 1. The lowest BCUT2D eigenvalue weighted by molar-refractivity contribution is 0.0900. The summed E-state index contributed by atoms with van der Waals surface area (Å²) in [4.78, 5) is 4.15. The van der Waals surface area contributed by atoms with Crippen LogP contribution in [0.2, 0.25) is 5.15 Å². The first-order valence-electron chi connectivity index (χ1n) is 5.26. The maximum absolute atomic E-state index is 5.75. The van der Waals surface area contributed by atoms with Gasteiger partial charge in [-0.3, -0.25) is 0 Å². The van der Waals surface area contributed by atoms with Gasteiger partial charge in [0, 0.05) is 24.4 Å². The van der Waals surface area contributed by atoms with Crippen LogP contribution in [0.25, 0.3) is 0 Å². The molecule has 0 spiro atoms. The highest BCUT2D eigenvalue weighted by molar-refractivity contribution is 7.14. The van der Waals surface area contributed by atoms with Crippen LogP contribution in [0.5, 0.6) is 0 Å². The molecular formula is C10H15ClN2OS. The van der Waals surface area contributed by atoms with E-state index in [0.717, 1.165) is 31.1 Å². The van der Waals surface area contributed by atoms with E-state index in [1.807, 2.05) is 5.38 Å². The summed E-state index contributed by atoms with van der Waals surface area (Å²) in [6, 6.07) is 0. The van der Waals surface area contributed by atoms with Crippen LogP contribution in [0.4, 0.5) is 5.13 Å². The molecule has 0 aromatic carbocycles. The first-order chi connectivity index (χ1) is 7.29. The summed E-state index contributed by atoms with van der Waals surface area (Å²) in [5.41, 5.74) is 0. The minimum Gasteiger partial charge on any atom is -0.378 e. The smallest absolute Gasteiger partial charge is 0.184 e. The highest BCUT2D eigenvalue weighted by Crippen LogP contribution is 2.25. The van der Waals surface area contributed by atoms with E-state index in [1.165, 1.54) is 0 Å². The van der Waals surface area contributed by atoms with Crippen LogP contribution in [0.3, 0.4) is 0 Å². The van der Waals surface area contributed by atoms with Gasteiger partial charge in [0.2, 0.25) is 0 Å². The van der Waals surface area contributed by atoms with Gasteiger partial charge < -0.3 is 10.1 Å².